The Morgan fingerprint density at radius 1 is 1.30 bits per heavy atom. The lowest BCUT2D eigenvalue weighted by Gasteiger charge is -2.18. The molecule has 0 radical (unpaired) electrons. The van der Waals surface area contributed by atoms with E-state index in [0.29, 0.717) is 17.4 Å². The number of amides is 2. The average Bonchev–Trinajstić information content (AvgIpc) is 2.92. The monoisotopic (exact) mass is 329 g/mol. The Kier molecular flexibility index (Phi) is 4.30. The molecule has 1 saturated heterocycles. The third-order valence-corrected chi connectivity index (χ3v) is 4.10. The van der Waals surface area contributed by atoms with Crippen LogP contribution in [0.3, 0.4) is 0 Å². The summed E-state index contributed by atoms with van der Waals surface area (Å²) in [6, 6.07) is 11.0. The fourth-order valence-electron chi connectivity index (χ4n) is 2.66. The van der Waals surface area contributed by atoms with Gasteiger partial charge < -0.3 is 10.2 Å². The Morgan fingerprint density at radius 2 is 2.09 bits per heavy atom. The molecule has 118 valence electrons. The minimum absolute atomic E-state index is 0.0384. The van der Waals surface area contributed by atoms with Crippen LogP contribution in [0.1, 0.15) is 12.0 Å². The number of aryl methyl sites for hydroxylation is 1. The van der Waals surface area contributed by atoms with Gasteiger partial charge in [-0.15, -0.1) is 0 Å². The maximum Gasteiger partial charge on any atom is 0.230 e. The summed E-state index contributed by atoms with van der Waals surface area (Å²) in [6.07, 6.45) is 1.67. The van der Waals surface area contributed by atoms with Gasteiger partial charge in [-0.25, -0.2) is 4.98 Å². The molecule has 0 saturated carbocycles. The van der Waals surface area contributed by atoms with Crippen molar-refractivity contribution in [2.75, 3.05) is 16.8 Å². The number of aromatic nitrogens is 1. The Balaban J connectivity index is 1.71. The summed E-state index contributed by atoms with van der Waals surface area (Å²) in [5.41, 5.74) is 1.87. The molecule has 1 fully saturated rings. The first-order valence-corrected chi connectivity index (χ1v) is 7.71. The Bertz CT molecular complexity index is 746. The van der Waals surface area contributed by atoms with E-state index in [4.69, 9.17) is 11.6 Å². The Morgan fingerprint density at radius 3 is 2.78 bits per heavy atom. The second-order valence-corrected chi connectivity index (χ2v) is 5.98. The van der Waals surface area contributed by atoms with Crippen LogP contribution in [0.25, 0.3) is 0 Å². The summed E-state index contributed by atoms with van der Waals surface area (Å²) < 4.78 is 0. The standard InChI is InChI=1S/C17H16ClN3O2/c1-11-4-2-3-5-14(11)21-10-12(8-16(21)22)17(23)20-15-7-6-13(18)9-19-15/h2-7,9,12H,8,10H2,1H3,(H,19,20,23)/t12-/m0/s1. The summed E-state index contributed by atoms with van der Waals surface area (Å²) in [4.78, 5) is 30.3. The van der Waals surface area contributed by atoms with Crippen molar-refractivity contribution in [1.29, 1.82) is 0 Å². The molecular formula is C17H16ClN3O2. The first-order valence-electron chi connectivity index (χ1n) is 7.33. The van der Waals surface area contributed by atoms with Crippen molar-refractivity contribution in [3.8, 4) is 0 Å². The van der Waals surface area contributed by atoms with Gasteiger partial charge in [0.1, 0.15) is 5.82 Å². The molecule has 0 unspecified atom stereocenters. The summed E-state index contributed by atoms with van der Waals surface area (Å²) >= 11 is 5.77. The quantitative estimate of drug-likeness (QED) is 0.941. The molecule has 2 aromatic rings. The molecule has 23 heavy (non-hydrogen) atoms. The van der Waals surface area contributed by atoms with Crippen molar-refractivity contribution < 1.29 is 9.59 Å². The summed E-state index contributed by atoms with van der Waals surface area (Å²) in [6.45, 7) is 2.33. The second kappa shape index (κ2) is 6.38. The van der Waals surface area contributed by atoms with Gasteiger partial charge in [-0.3, -0.25) is 9.59 Å². The molecule has 1 N–H and O–H groups in total. The van der Waals surface area contributed by atoms with Crippen LogP contribution in [0, 0.1) is 12.8 Å². The van der Waals surface area contributed by atoms with Gasteiger partial charge in [0.2, 0.25) is 11.8 Å². The second-order valence-electron chi connectivity index (χ2n) is 5.54. The van der Waals surface area contributed by atoms with E-state index in [0.717, 1.165) is 11.3 Å². The molecule has 3 rings (SSSR count). The lowest BCUT2D eigenvalue weighted by Crippen LogP contribution is -2.28. The molecule has 6 heteroatoms. The number of hydrogen-bond acceptors (Lipinski definition) is 3. The number of carbonyl (C=O) groups excluding carboxylic acids is 2. The summed E-state index contributed by atoms with van der Waals surface area (Å²) in [5.74, 6) is -0.200. The van der Waals surface area contributed by atoms with Gasteiger partial charge in [0.05, 0.1) is 10.9 Å². The van der Waals surface area contributed by atoms with Crippen LogP contribution in [0.5, 0.6) is 0 Å². The van der Waals surface area contributed by atoms with E-state index in [1.165, 1.54) is 6.20 Å². The predicted molar refractivity (Wildman–Crippen MR) is 89.5 cm³/mol. The maximum absolute atomic E-state index is 12.3. The fraction of sp³-hybridized carbons (Fsp3) is 0.235. The van der Waals surface area contributed by atoms with Gasteiger partial charge in [-0.05, 0) is 30.7 Å². The Hall–Kier alpha value is -2.40. The number of carbonyl (C=O) groups is 2. The normalized spacial score (nSPS) is 17.4. The minimum Gasteiger partial charge on any atom is -0.311 e. The molecule has 0 spiro atoms. The number of nitrogens with one attached hydrogen (secondary N) is 1. The molecular weight excluding hydrogens is 314 g/mol. The first kappa shape index (κ1) is 15.5. The molecule has 2 amide bonds. The highest BCUT2D eigenvalue weighted by atomic mass is 35.5. The average molecular weight is 330 g/mol. The van der Waals surface area contributed by atoms with Crippen molar-refractivity contribution in [2.45, 2.75) is 13.3 Å². The van der Waals surface area contributed by atoms with Crippen LogP contribution in [-0.4, -0.2) is 23.3 Å². The smallest absolute Gasteiger partial charge is 0.230 e. The topological polar surface area (TPSA) is 62.3 Å². The number of para-hydroxylation sites is 1. The molecule has 1 aromatic heterocycles. The van der Waals surface area contributed by atoms with E-state index in [-0.39, 0.29) is 24.2 Å². The molecule has 1 aliphatic rings. The minimum atomic E-state index is -0.389. The largest absolute Gasteiger partial charge is 0.311 e. The zero-order chi connectivity index (χ0) is 16.4. The van der Waals surface area contributed by atoms with Gasteiger partial charge in [-0.2, -0.15) is 0 Å². The van der Waals surface area contributed by atoms with E-state index < -0.39 is 0 Å². The van der Waals surface area contributed by atoms with Crippen molar-refractivity contribution in [3.05, 3.63) is 53.2 Å². The van der Waals surface area contributed by atoms with Gasteiger partial charge in [0, 0.05) is 24.8 Å². The van der Waals surface area contributed by atoms with E-state index in [1.54, 1.807) is 17.0 Å². The number of nitrogens with zero attached hydrogens (tertiary/aromatic N) is 2. The molecule has 0 aliphatic carbocycles. The van der Waals surface area contributed by atoms with E-state index in [1.807, 2.05) is 31.2 Å². The molecule has 1 aromatic carbocycles. The van der Waals surface area contributed by atoms with Crippen LogP contribution in [0.2, 0.25) is 5.02 Å². The fourth-order valence-corrected chi connectivity index (χ4v) is 2.77. The molecule has 1 aliphatic heterocycles. The zero-order valence-corrected chi connectivity index (χ0v) is 13.4. The lowest BCUT2D eigenvalue weighted by atomic mass is 10.1. The van der Waals surface area contributed by atoms with Gasteiger partial charge in [0.25, 0.3) is 0 Å². The van der Waals surface area contributed by atoms with Crippen molar-refractivity contribution in [3.63, 3.8) is 0 Å². The van der Waals surface area contributed by atoms with Crippen LogP contribution in [-0.2, 0) is 9.59 Å². The maximum atomic E-state index is 12.3. The van der Waals surface area contributed by atoms with Crippen LogP contribution in [0.4, 0.5) is 11.5 Å². The van der Waals surface area contributed by atoms with Gasteiger partial charge in [0.15, 0.2) is 0 Å². The highest BCUT2D eigenvalue weighted by molar-refractivity contribution is 6.30. The first-order chi connectivity index (χ1) is 11.0. The predicted octanol–water partition coefficient (Wildman–Crippen LogP) is 3.04. The van der Waals surface area contributed by atoms with E-state index in [2.05, 4.69) is 10.3 Å². The number of rotatable bonds is 3. The lowest BCUT2D eigenvalue weighted by molar-refractivity contribution is -0.122. The summed E-state index contributed by atoms with van der Waals surface area (Å²) in [5, 5.41) is 3.24. The highest BCUT2D eigenvalue weighted by Crippen LogP contribution is 2.28. The van der Waals surface area contributed by atoms with Crippen LogP contribution in [0.15, 0.2) is 42.6 Å². The number of pyridine rings is 1. The van der Waals surface area contributed by atoms with Crippen molar-refractivity contribution in [1.82, 2.24) is 4.98 Å². The zero-order valence-electron chi connectivity index (χ0n) is 12.6. The molecule has 1 atom stereocenters. The van der Waals surface area contributed by atoms with Crippen LogP contribution < -0.4 is 10.2 Å². The summed E-state index contributed by atoms with van der Waals surface area (Å²) in [7, 11) is 0. The van der Waals surface area contributed by atoms with Crippen LogP contribution >= 0.6 is 11.6 Å². The van der Waals surface area contributed by atoms with E-state index >= 15 is 0 Å². The number of anilines is 2. The van der Waals surface area contributed by atoms with Gasteiger partial charge >= 0.3 is 0 Å². The third-order valence-electron chi connectivity index (χ3n) is 3.88. The van der Waals surface area contributed by atoms with E-state index in [9.17, 15) is 9.59 Å². The Labute approximate surface area is 139 Å². The molecule has 0 bridgehead atoms. The third kappa shape index (κ3) is 3.35. The van der Waals surface area contributed by atoms with Crippen molar-refractivity contribution >= 4 is 34.9 Å². The number of benzene rings is 1. The SMILES string of the molecule is Cc1ccccc1N1C[C@@H](C(=O)Nc2ccc(Cl)cn2)CC1=O. The van der Waals surface area contributed by atoms with Gasteiger partial charge in [-0.1, -0.05) is 29.8 Å². The highest BCUT2D eigenvalue weighted by Gasteiger charge is 2.35. The number of hydrogen-bond donors (Lipinski definition) is 1. The molecule has 5 nitrogen and oxygen atoms in total. The van der Waals surface area contributed by atoms with Crippen molar-refractivity contribution in [2.24, 2.45) is 5.92 Å². The number of halogens is 1. The molecule has 2 heterocycles.